The van der Waals surface area contributed by atoms with E-state index >= 15 is 0 Å². The van der Waals surface area contributed by atoms with E-state index < -0.39 is 0 Å². The first-order chi connectivity index (χ1) is 7.72. The number of nitrogens with zero attached hydrogens (tertiary/aromatic N) is 2. The average molecular weight is 217 g/mol. The van der Waals surface area contributed by atoms with Gasteiger partial charge in [0.1, 0.15) is 5.69 Å². The highest BCUT2D eigenvalue weighted by molar-refractivity contribution is 5.61. The van der Waals surface area contributed by atoms with Gasteiger partial charge in [-0.05, 0) is 25.0 Å². The molecule has 2 heterocycles. The molecule has 0 radical (unpaired) electrons. The molecule has 4 nitrogen and oxygen atoms in total. The van der Waals surface area contributed by atoms with Crippen molar-refractivity contribution in [2.75, 3.05) is 0 Å². The highest BCUT2D eigenvalue weighted by Crippen LogP contribution is 2.24. The van der Waals surface area contributed by atoms with Crippen molar-refractivity contribution >= 4 is 0 Å². The van der Waals surface area contributed by atoms with E-state index in [9.17, 15) is 0 Å². The molecule has 1 unspecified atom stereocenters. The van der Waals surface area contributed by atoms with Crippen molar-refractivity contribution < 1.29 is 4.52 Å². The molecule has 0 saturated carbocycles. The number of aryl methyl sites for hydroxylation is 1. The van der Waals surface area contributed by atoms with Gasteiger partial charge in [-0.2, -0.15) is 0 Å². The van der Waals surface area contributed by atoms with Crippen LogP contribution in [-0.4, -0.2) is 10.1 Å². The highest BCUT2D eigenvalue weighted by atomic mass is 16.5. The van der Waals surface area contributed by atoms with Crippen molar-refractivity contribution in [1.82, 2.24) is 10.1 Å². The monoisotopic (exact) mass is 217 g/mol. The Kier molecular flexibility index (Phi) is 3.01. The third-order valence-electron chi connectivity index (χ3n) is 2.65. The third kappa shape index (κ3) is 1.97. The van der Waals surface area contributed by atoms with Gasteiger partial charge >= 0.3 is 0 Å². The molecule has 0 amide bonds. The number of pyridine rings is 1. The number of aromatic nitrogens is 2. The summed E-state index contributed by atoms with van der Waals surface area (Å²) in [6.07, 6.45) is 4.38. The molecule has 0 aromatic carbocycles. The van der Waals surface area contributed by atoms with Crippen LogP contribution in [0.1, 0.15) is 30.7 Å². The van der Waals surface area contributed by atoms with Crippen LogP contribution in [0.3, 0.4) is 0 Å². The molecule has 2 aromatic rings. The average Bonchev–Trinajstić information content (AvgIpc) is 2.78. The van der Waals surface area contributed by atoms with Crippen LogP contribution in [-0.2, 0) is 0 Å². The predicted octanol–water partition coefficient (Wildman–Crippen LogP) is 2.45. The molecule has 2 rings (SSSR count). The fourth-order valence-corrected chi connectivity index (χ4v) is 1.52. The van der Waals surface area contributed by atoms with Gasteiger partial charge in [-0.1, -0.05) is 12.1 Å². The zero-order chi connectivity index (χ0) is 11.5. The number of hydrogen-bond acceptors (Lipinski definition) is 4. The summed E-state index contributed by atoms with van der Waals surface area (Å²) in [4.78, 5) is 4.08. The van der Waals surface area contributed by atoms with E-state index in [-0.39, 0.29) is 6.04 Å². The van der Waals surface area contributed by atoms with Gasteiger partial charge in [0.25, 0.3) is 0 Å². The quantitative estimate of drug-likeness (QED) is 0.857. The van der Waals surface area contributed by atoms with E-state index in [2.05, 4.69) is 10.1 Å². The lowest BCUT2D eigenvalue weighted by molar-refractivity contribution is 0.360. The van der Waals surface area contributed by atoms with E-state index in [1.807, 2.05) is 26.0 Å². The highest BCUT2D eigenvalue weighted by Gasteiger charge is 2.13. The minimum absolute atomic E-state index is 0.0850. The molecular formula is C12H15N3O. The molecule has 1 atom stereocenters. The molecule has 4 heteroatoms. The van der Waals surface area contributed by atoms with Crippen molar-refractivity contribution in [2.45, 2.75) is 26.3 Å². The van der Waals surface area contributed by atoms with Crippen LogP contribution < -0.4 is 5.73 Å². The lowest BCUT2D eigenvalue weighted by Crippen LogP contribution is -2.06. The van der Waals surface area contributed by atoms with Gasteiger partial charge in [0, 0.05) is 24.0 Å². The summed E-state index contributed by atoms with van der Waals surface area (Å²) in [5.74, 6) is 0.723. The minimum atomic E-state index is -0.0850. The van der Waals surface area contributed by atoms with Gasteiger partial charge < -0.3 is 10.3 Å². The van der Waals surface area contributed by atoms with E-state index in [0.717, 1.165) is 29.0 Å². The lowest BCUT2D eigenvalue weighted by Gasteiger charge is -2.01. The molecule has 2 N–H and O–H groups in total. The Balaban J connectivity index is 2.35. The van der Waals surface area contributed by atoms with Crippen molar-refractivity contribution in [2.24, 2.45) is 5.73 Å². The number of nitrogens with two attached hydrogens (primary N) is 1. The minimum Gasteiger partial charge on any atom is -0.359 e. The molecule has 84 valence electrons. The lowest BCUT2D eigenvalue weighted by atomic mass is 10.1. The maximum Gasteiger partial charge on any atom is 0.154 e. The van der Waals surface area contributed by atoms with Crippen molar-refractivity contribution in [1.29, 1.82) is 0 Å². The van der Waals surface area contributed by atoms with E-state index in [4.69, 9.17) is 10.3 Å². The van der Waals surface area contributed by atoms with Crippen LogP contribution in [0.5, 0.6) is 0 Å². The first-order valence-corrected chi connectivity index (χ1v) is 5.35. The second-order valence-corrected chi connectivity index (χ2v) is 3.82. The van der Waals surface area contributed by atoms with Crippen LogP contribution in [0, 0.1) is 6.92 Å². The first kappa shape index (κ1) is 10.8. The SMILES string of the molecule is CCC(N)c1cc(-c2cnccc2C)no1. The first-order valence-electron chi connectivity index (χ1n) is 5.35. The van der Waals surface area contributed by atoms with Crippen LogP contribution in [0.2, 0.25) is 0 Å². The van der Waals surface area contributed by atoms with Gasteiger partial charge in [-0.25, -0.2) is 0 Å². The normalized spacial score (nSPS) is 12.7. The Morgan fingerprint density at radius 1 is 1.50 bits per heavy atom. The van der Waals surface area contributed by atoms with Gasteiger partial charge in [0.15, 0.2) is 5.76 Å². The Labute approximate surface area is 94.5 Å². The Bertz CT molecular complexity index is 479. The van der Waals surface area contributed by atoms with Crippen molar-refractivity contribution in [3.63, 3.8) is 0 Å². The molecule has 0 aliphatic heterocycles. The van der Waals surface area contributed by atoms with Gasteiger partial charge in [-0.3, -0.25) is 4.98 Å². The van der Waals surface area contributed by atoms with Crippen molar-refractivity contribution in [3.05, 3.63) is 35.9 Å². The molecule has 0 fully saturated rings. The van der Waals surface area contributed by atoms with E-state index in [0.29, 0.717) is 0 Å². The summed E-state index contributed by atoms with van der Waals surface area (Å²) in [6, 6.07) is 3.75. The summed E-state index contributed by atoms with van der Waals surface area (Å²) < 4.78 is 5.22. The fraction of sp³-hybridized carbons (Fsp3) is 0.333. The number of hydrogen-bond donors (Lipinski definition) is 1. The zero-order valence-electron chi connectivity index (χ0n) is 9.47. The third-order valence-corrected chi connectivity index (χ3v) is 2.65. The zero-order valence-corrected chi connectivity index (χ0v) is 9.47. The topological polar surface area (TPSA) is 64.9 Å². The van der Waals surface area contributed by atoms with Crippen molar-refractivity contribution in [3.8, 4) is 11.3 Å². The second-order valence-electron chi connectivity index (χ2n) is 3.82. The fourth-order valence-electron chi connectivity index (χ4n) is 1.52. The Morgan fingerprint density at radius 3 is 3.00 bits per heavy atom. The summed E-state index contributed by atoms with van der Waals surface area (Å²) in [5.41, 5.74) is 8.78. The molecule has 0 saturated heterocycles. The van der Waals surface area contributed by atoms with E-state index in [1.54, 1.807) is 12.4 Å². The van der Waals surface area contributed by atoms with Crippen LogP contribution in [0.15, 0.2) is 29.0 Å². The van der Waals surface area contributed by atoms with Gasteiger partial charge in [0.2, 0.25) is 0 Å². The molecule has 0 aliphatic carbocycles. The molecule has 2 aromatic heterocycles. The summed E-state index contributed by atoms with van der Waals surface area (Å²) in [6.45, 7) is 4.04. The standard InChI is InChI=1S/C12H15N3O/c1-3-10(13)12-6-11(15-16-12)9-7-14-5-4-8(9)2/h4-7,10H,3,13H2,1-2H3. The predicted molar refractivity (Wildman–Crippen MR) is 61.7 cm³/mol. The number of rotatable bonds is 3. The molecule has 0 bridgehead atoms. The largest absolute Gasteiger partial charge is 0.359 e. The summed E-state index contributed by atoms with van der Waals surface area (Å²) >= 11 is 0. The Hall–Kier alpha value is -1.68. The molecule has 0 aliphatic rings. The van der Waals surface area contributed by atoms with Crippen LogP contribution in [0.25, 0.3) is 11.3 Å². The second kappa shape index (κ2) is 4.45. The van der Waals surface area contributed by atoms with Crippen LogP contribution >= 0.6 is 0 Å². The summed E-state index contributed by atoms with van der Waals surface area (Å²) in [5, 5.41) is 4.02. The van der Waals surface area contributed by atoms with E-state index in [1.165, 1.54) is 0 Å². The van der Waals surface area contributed by atoms with Gasteiger partial charge in [0.05, 0.1) is 6.04 Å². The smallest absolute Gasteiger partial charge is 0.154 e. The van der Waals surface area contributed by atoms with Gasteiger partial charge in [-0.15, -0.1) is 0 Å². The maximum atomic E-state index is 5.87. The van der Waals surface area contributed by atoms with Crippen LogP contribution in [0.4, 0.5) is 0 Å². The summed E-state index contributed by atoms with van der Waals surface area (Å²) in [7, 11) is 0. The molecular weight excluding hydrogens is 202 g/mol. The molecule has 16 heavy (non-hydrogen) atoms. The Morgan fingerprint density at radius 2 is 2.31 bits per heavy atom. The molecule has 0 spiro atoms. The maximum absolute atomic E-state index is 5.87.